The Morgan fingerprint density at radius 3 is 2.42 bits per heavy atom. The van der Waals surface area contributed by atoms with Gasteiger partial charge in [0.25, 0.3) is 0 Å². The average molecular weight is 345 g/mol. The highest BCUT2D eigenvalue weighted by Crippen LogP contribution is 2.34. The molecule has 26 heavy (non-hydrogen) atoms. The molecule has 2 heterocycles. The minimum absolute atomic E-state index is 0.0533. The van der Waals surface area contributed by atoms with Gasteiger partial charge in [-0.3, -0.25) is 4.90 Å². The van der Waals surface area contributed by atoms with E-state index in [1.807, 2.05) is 54.4 Å². The number of likely N-dealkylation sites (N-methyl/N-ethyl adjacent to an activating group) is 1. The second-order valence-corrected chi connectivity index (χ2v) is 7.14. The van der Waals surface area contributed by atoms with Gasteiger partial charge in [-0.15, -0.1) is 0 Å². The fraction of sp³-hybridized carbons (Fsp3) is 0.364. The van der Waals surface area contributed by atoms with Crippen LogP contribution in [0.2, 0.25) is 0 Å². The summed E-state index contributed by atoms with van der Waals surface area (Å²) < 4.78 is 0. The van der Waals surface area contributed by atoms with Crippen LogP contribution in [0, 0.1) is 17.8 Å². The number of hydrogen-bond acceptors (Lipinski definition) is 2. The third-order valence-corrected chi connectivity index (χ3v) is 5.49. The molecule has 2 fully saturated rings. The molecule has 2 aliphatic rings. The number of carbonyl (C=O) groups excluding carboxylic acids is 1. The zero-order valence-corrected chi connectivity index (χ0v) is 15.1. The van der Waals surface area contributed by atoms with Crippen LogP contribution in [0.1, 0.15) is 36.8 Å². The van der Waals surface area contributed by atoms with Gasteiger partial charge in [-0.1, -0.05) is 42.9 Å². The number of nitrogens with zero attached hydrogens (tertiary/aromatic N) is 3. The van der Waals surface area contributed by atoms with Crippen LogP contribution < -0.4 is 4.90 Å². The Balaban J connectivity index is 1.48. The predicted molar refractivity (Wildman–Crippen MR) is 103 cm³/mol. The van der Waals surface area contributed by atoms with Crippen molar-refractivity contribution in [3.63, 3.8) is 0 Å². The number of rotatable bonds is 2. The van der Waals surface area contributed by atoms with E-state index in [0.717, 1.165) is 17.7 Å². The highest BCUT2D eigenvalue weighted by atomic mass is 16.2. The molecule has 0 spiro atoms. The maximum atomic E-state index is 12.7. The monoisotopic (exact) mass is 345 g/mol. The van der Waals surface area contributed by atoms with Crippen LogP contribution in [0.3, 0.4) is 0 Å². The van der Waals surface area contributed by atoms with E-state index in [0.29, 0.717) is 17.8 Å². The van der Waals surface area contributed by atoms with Crippen LogP contribution >= 0.6 is 0 Å². The maximum absolute atomic E-state index is 12.7. The lowest BCUT2D eigenvalue weighted by atomic mass is 9.98. The van der Waals surface area contributed by atoms with Gasteiger partial charge in [0.2, 0.25) is 0 Å². The van der Waals surface area contributed by atoms with Crippen molar-refractivity contribution in [2.75, 3.05) is 18.5 Å². The molecule has 0 N–H and O–H groups in total. The lowest BCUT2D eigenvalue weighted by Crippen LogP contribution is -2.35. The smallest absolute Gasteiger partial charge is 0.322 e. The van der Waals surface area contributed by atoms with E-state index in [9.17, 15) is 4.79 Å². The molecule has 2 aromatic rings. The summed E-state index contributed by atoms with van der Waals surface area (Å²) in [6.45, 7) is 0.738. The molecule has 0 bridgehead atoms. The maximum Gasteiger partial charge on any atom is 0.325 e. The van der Waals surface area contributed by atoms with Gasteiger partial charge in [-0.05, 0) is 43.0 Å². The van der Waals surface area contributed by atoms with Gasteiger partial charge in [-0.2, -0.15) is 0 Å². The topological polar surface area (TPSA) is 36.4 Å². The number of urea groups is 1. The summed E-state index contributed by atoms with van der Waals surface area (Å²) in [6.07, 6.45) is 6.79. The van der Waals surface area contributed by atoms with Gasteiger partial charge in [0, 0.05) is 30.9 Å². The first-order valence-corrected chi connectivity index (χ1v) is 9.30. The first-order chi connectivity index (χ1) is 12.7. The lowest BCUT2D eigenvalue weighted by Gasteiger charge is -2.23. The number of anilines is 1. The van der Waals surface area contributed by atoms with Crippen molar-refractivity contribution < 1.29 is 4.79 Å². The molecule has 4 heteroatoms. The molecule has 4 nitrogen and oxygen atoms in total. The lowest BCUT2D eigenvalue weighted by molar-refractivity contribution is 0.202. The molecule has 4 rings (SSSR count). The Kier molecular flexibility index (Phi) is 4.62. The number of hydrogen-bond donors (Lipinski definition) is 0. The quantitative estimate of drug-likeness (QED) is 0.774. The zero-order valence-electron chi connectivity index (χ0n) is 15.1. The number of benzene rings is 1. The standard InChI is InChI=1S/C22H23N3O/c1-24-20(19-9-5-6-10-19)16-25(22(24)26)21-14-13-18(15-23-21)12-11-17-7-3-2-4-8-17/h2-4,7-8,13-15,19-20H,5-6,9-10,16H2,1H3/t20-/m1/s1. The summed E-state index contributed by atoms with van der Waals surface area (Å²) in [5.74, 6) is 7.60. The van der Waals surface area contributed by atoms with Crippen molar-refractivity contribution in [2.24, 2.45) is 5.92 Å². The van der Waals surface area contributed by atoms with E-state index >= 15 is 0 Å². The SMILES string of the molecule is CN1C(=O)N(c2ccc(C#Cc3ccccc3)cn2)C[C@@H]1C1CCCC1. The molecule has 0 radical (unpaired) electrons. The van der Waals surface area contributed by atoms with Crippen LogP contribution in [-0.2, 0) is 0 Å². The Morgan fingerprint density at radius 2 is 1.73 bits per heavy atom. The molecular weight excluding hydrogens is 322 g/mol. The van der Waals surface area contributed by atoms with Gasteiger partial charge >= 0.3 is 6.03 Å². The van der Waals surface area contributed by atoms with E-state index in [1.165, 1.54) is 25.7 Å². The molecule has 1 saturated heterocycles. The number of aromatic nitrogens is 1. The summed E-state index contributed by atoms with van der Waals surface area (Å²) in [6, 6.07) is 14.1. The minimum atomic E-state index is 0.0533. The first kappa shape index (κ1) is 16.7. The molecule has 1 aliphatic heterocycles. The zero-order chi connectivity index (χ0) is 17.9. The normalized spacial score (nSPS) is 20.3. The molecule has 1 atom stereocenters. The highest BCUT2D eigenvalue weighted by molar-refractivity contribution is 5.93. The van der Waals surface area contributed by atoms with Gasteiger partial charge < -0.3 is 4.90 Å². The Hall–Kier alpha value is -2.80. The molecule has 1 aromatic carbocycles. The van der Waals surface area contributed by atoms with Crippen molar-refractivity contribution in [1.82, 2.24) is 9.88 Å². The predicted octanol–water partition coefficient (Wildman–Crippen LogP) is 3.91. The summed E-state index contributed by atoms with van der Waals surface area (Å²) in [5.41, 5.74) is 1.83. The number of pyridine rings is 1. The Morgan fingerprint density at radius 1 is 1.00 bits per heavy atom. The van der Waals surface area contributed by atoms with Gasteiger partial charge in [-0.25, -0.2) is 9.78 Å². The third-order valence-electron chi connectivity index (χ3n) is 5.49. The summed E-state index contributed by atoms with van der Waals surface area (Å²) in [4.78, 5) is 20.9. The van der Waals surface area contributed by atoms with E-state index in [4.69, 9.17) is 0 Å². The molecule has 1 aliphatic carbocycles. The second-order valence-electron chi connectivity index (χ2n) is 7.14. The average Bonchev–Trinajstić information content (AvgIpc) is 3.31. The number of amides is 2. The van der Waals surface area contributed by atoms with E-state index in [1.54, 1.807) is 11.1 Å². The highest BCUT2D eigenvalue weighted by Gasteiger charge is 2.40. The van der Waals surface area contributed by atoms with Crippen molar-refractivity contribution in [1.29, 1.82) is 0 Å². The van der Waals surface area contributed by atoms with Crippen molar-refractivity contribution in [2.45, 2.75) is 31.7 Å². The minimum Gasteiger partial charge on any atom is -0.322 e. The van der Waals surface area contributed by atoms with Crippen molar-refractivity contribution >= 4 is 11.8 Å². The van der Waals surface area contributed by atoms with Gasteiger partial charge in [0.05, 0.1) is 6.04 Å². The molecule has 0 unspecified atom stereocenters. The van der Waals surface area contributed by atoms with Crippen LogP contribution in [-0.4, -0.2) is 35.5 Å². The van der Waals surface area contributed by atoms with E-state index in [2.05, 4.69) is 16.8 Å². The largest absolute Gasteiger partial charge is 0.325 e. The van der Waals surface area contributed by atoms with E-state index in [-0.39, 0.29) is 6.03 Å². The number of carbonyl (C=O) groups is 1. The molecule has 1 saturated carbocycles. The van der Waals surface area contributed by atoms with Crippen LogP contribution in [0.5, 0.6) is 0 Å². The summed E-state index contributed by atoms with van der Waals surface area (Å²) >= 11 is 0. The fourth-order valence-corrected chi connectivity index (χ4v) is 4.00. The van der Waals surface area contributed by atoms with Crippen molar-refractivity contribution in [3.05, 3.63) is 59.8 Å². The summed E-state index contributed by atoms with van der Waals surface area (Å²) in [5, 5.41) is 0. The molecule has 2 amide bonds. The molecular formula is C22H23N3O. The first-order valence-electron chi connectivity index (χ1n) is 9.30. The van der Waals surface area contributed by atoms with Crippen LogP contribution in [0.25, 0.3) is 0 Å². The molecule has 132 valence electrons. The van der Waals surface area contributed by atoms with Gasteiger partial charge in [0.15, 0.2) is 0 Å². The Labute approximate surface area is 154 Å². The third kappa shape index (κ3) is 3.30. The molecule has 1 aromatic heterocycles. The van der Waals surface area contributed by atoms with E-state index < -0.39 is 0 Å². The fourth-order valence-electron chi connectivity index (χ4n) is 4.00. The van der Waals surface area contributed by atoms with Gasteiger partial charge in [0.1, 0.15) is 5.82 Å². The van der Waals surface area contributed by atoms with Crippen LogP contribution in [0.15, 0.2) is 48.7 Å². The second kappa shape index (κ2) is 7.21. The Bertz CT molecular complexity index is 829. The van der Waals surface area contributed by atoms with Crippen LogP contribution in [0.4, 0.5) is 10.6 Å². The summed E-state index contributed by atoms with van der Waals surface area (Å²) in [7, 11) is 1.92. The van der Waals surface area contributed by atoms with Crippen molar-refractivity contribution in [3.8, 4) is 11.8 Å².